The van der Waals surface area contributed by atoms with Crippen LogP contribution < -0.4 is 0 Å². The minimum Gasteiger partial charge on any atom is -0.481 e. The maximum absolute atomic E-state index is 10.5. The van der Waals surface area contributed by atoms with Crippen LogP contribution >= 0.6 is 11.8 Å². The van der Waals surface area contributed by atoms with Crippen molar-refractivity contribution in [2.45, 2.75) is 31.6 Å². The van der Waals surface area contributed by atoms with E-state index in [4.69, 9.17) is 5.11 Å². The summed E-state index contributed by atoms with van der Waals surface area (Å²) < 4.78 is 0. The zero-order chi connectivity index (χ0) is 12.7. The first-order valence-electron chi connectivity index (χ1n) is 5.81. The van der Waals surface area contributed by atoms with Crippen molar-refractivity contribution < 1.29 is 9.90 Å². The molecule has 0 saturated carbocycles. The molecule has 0 aromatic heterocycles. The van der Waals surface area contributed by atoms with Gasteiger partial charge in [0.05, 0.1) is 6.42 Å². The Bertz CT molecular complexity index is 393. The van der Waals surface area contributed by atoms with Crippen LogP contribution in [0.4, 0.5) is 0 Å². The van der Waals surface area contributed by atoms with Gasteiger partial charge in [0.1, 0.15) is 0 Å². The number of carboxylic acids is 1. The fourth-order valence-electron chi connectivity index (χ4n) is 1.61. The molecule has 0 aliphatic carbocycles. The lowest BCUT2D eigenvalue weighted by atomic mass is 10.0. The monoisotopic (exact) mass is 250 g/mol. The summed E-state index contributed by atoms with van der Waals surface area (Å²) >= 11 is 1.81. The molecule has 1 rings (SSSR count). The molecule has 0 unspecified atom stereocenters. The standard InChI is InChI=1S/C14H18O2S/c1-3-11(7-10-14(15)16)12-5-8-13(9-6-12)17-4-2/h5-9H,3-4,10H2,1-2H3,(H,15,16)/b11-7+. The van der Waals surface area contributed by atoms with Gasteiger partial charge in [-0.2, -0.15) is 0 Å². The molecular weight excluding hydrogens is 232 g/mol. The summed E-state index contributed by atoms with van der Waals surface area (Å²) in [6.07, 6.45) is 2.74. The number of thioether (sulfide) groups is 1. The van der Waals surface area contributed by atoms with Gasteiger partial charge in [-0.05, 0) is 35.4 Å². The van der Waals surface area contributed by atoms with Crippen LogP contribution in [0.25, 0.3) is 5.57 Å². The predicted octanol–water partition coefficient (Wildman–Crippen LogP) is 4.07. The summed E-state index contributed by atoms with van der Waals surface area (Å²) in [5, 5.41) is 8.67. The maximum Gasteiger partial charge on any atom is 0.307 e. The lowest BCUT2D eigenvalue weighted by molar-refractivity contribution is -0.135. The molecule has 1 aromatic rings. The van der Waals surface area contributed by atoms with Crippen LogP contribution in [0, 0.1) is 0 Å². The Morgan fingerprint density at radius 1 is 1.29 bits per heavy atom. The van der Waals surface area contributed by atoms with E-state index in [9.17, 15) is 4.79 Å². The van der Waals surface area contributed by atoms with Gasteiger partial charge in [0.25, 0.3) is 0 Å². The van der Waals surface area contributed by atoms with Crippen LogP contribution in [0.1, 0.15) is 32.3 Å². The van der Waals surface area contributed by atoms with Crippen molar-refractivity contribution in [1.29, 1.82) is 0 Å². The molecule has 92 valence electrons. The van der Waals surface area contributed by atoms with E-state index in [1.165, 1.54) is 4.90 Å². The molecule has 0 aliphatic heterocycles. The molecule has 1 aromatic carbocycles. The smallest absolute Gasteiger partial charge is 0.307 e. The molecule has 0 aliphatic rings. The minimum atomic E-state index is -0.783. The molecule has 3 heteroatoms. The third-order valence-electron chi connectivity index (χ3n) is 2.44. The Morgan fingerprint density at radius 2 is 1.94 bits per heavy atom. The number of allylic oxidation sites excluding steroid dienone is 1. The number of hydrogen-bond donors (Lipinski definition) is 1. The van der Waals surface area contributed by atoms with E-state index in [1.807, 2.05) is 18.7 Å². The Hall–Kier alpha value is -1.22. The van der Waals surface area contributed by atoms with Gasteiger partial charge in [0, 0.05) is 4.90 Å². The number of hydrogen-bond acceptors (Lipinski definition) is 2. The first-order chi connectivity index (χ1) is 8.17. The van der Waals surface area contributed by atoms with Gasteiger partial charge in [-0.25, -0.2) is 0 Å². The molecule has 0 amide bonds. The summed E-state index contributed by atoms with van der Waals surface area (Å²) in [4.78, 5) is 11.8. The second-order valence-corrected chi connectivity index (χ2v) is 4.98. The van der Waals surface area contributed by atoms with E-state index in [0.29, 0.717) is 0 Å². The van der Waals surface area contributed by atoms with E-state index in [1.54, 1.807) is 6.08 Å². The first-order valence-corrected chi connectivity index (χ1v) is 6.80. The summed E-state index contributed by atoms with van der Waals surface area (Å²) in [7, 11) is 0. The lowest BCUT2D eigenvalue weighted by Crippen LogP contribution is -1.92. The average Bonchev–Trinajstić information content (AvgIpc) is 2.32. The fourth-order valence-corrected chi connectivity index (χ4v) is 2.27. The van der Waals surface area contributed by atoms with Gasteiger partial charge in [0.2, 0.25) is 0 Å². The summed E-state index contributed by atoms with van der Waals surface area (Å²) in [5.41, 5.74) is 2.22. The third-order valence-corrected chi connectivity index (χ3v) is 3.33. The van der Waals surface area contributed by atoms with Gasteiger partial charge < -0.3 is 5.11 Å². The SMILES string of the molecule is CCSc1ccc(/C(=C/CC(=O)O)CC)cc1. The van der Waals surface area contributed by atoms with Crippen LogP contribution in [0.3, 0.4) is 0 Å². The highest BCUT2D eigenvalue weighted by Gasteiger charge is 2.01. The van der Waals surface area contributed by atoms with Crippen molar-refractivity contribution >= 4 is 23.3 Å². The predicted molar refractivity (Wildman–Crippen MR) is 73.4 cm³/mol. The Labute approximate surface area is 107 Å². The first kappa shape index (κ1) is 13.8. The van der Waals surface area contributed by atoms with Crippen molar-refractivity contribution in [3.8, 4) is 0 Å². The topological polar surface area (TPSA) is 37.3 Å². The molecule has 0 saturated heterocycles. The summed E-state index contributed by atoms with van der Waals surface area (Å²) in [6.45, 7) is 4.17. The number of carbonyl (C=O) groups is 1. The van der Waals surface area contributed by atoms with Gasteiger partial charge in [0.15, 0.2) is 0 Å². The summed E-state index contributed by atoms with van der Waals surface area (Å²) in [6, 6.07) is 8.31. The van der Waals surface area contributed by atoms with Gasteiger partial charge in [-0.3, -0.25) is 4.79 Å². The minimum absolute atomic E-state index is 0.0919. The molecule has 2 nitrogen and oxygen atoms in total. The number of aliphatic carboxylic acids is 1. The Morgan fingerprint density at radius 3 is 2.41 bits per heavy atom. The zero-order valence-electron chi connectivity index (χ0n) is 10.3. The molecule has 0 bridgehead atoms. The largest absolute Gasteiger partial charge is 0.481 e. The number of benzene rings is 1. The van der Waals surface area contributed by atoms with E-state index in [-0.39, 0.29) is 6.42 Å². The normalized spacial score (nSPS) is 11.5. The fraction of sp³-hybridized carbons (Fsp3) is 0.357. The van der Waals surface area contributed by atoms with E-state index in [0.717, 1.165) is 23.3 Å². The maximum atomic E-state index is 10.5. The van der Waals surface area contributed by atoms with Crippen molar-refractivity contribution in [3.05, 3.63) is 35.9 Å². The highest BCUT2D eigenvalue weighted by Crippen LogP contribution is 2.23. The molecule has 0 spiro atoms. The van der Waals surface area contributed by atoms with E-state index >= 15 is 0 Å². The number of carboxylic acid groups (broad SMARTS) is 1. The van der Waals surface area contributed by atoms with Crippen LogP contribution in [0.2, 0.25) is 0 Å². The van der Waals surface area contributed by atoms with E-state index in [2.05, 4.69) is 31.2 Å². The zero-order valence-corrected chi connectivity index (χ0v) is 11.1. The molecule has 17 heavy (non-hydrogen) atoms. The van der Waals surface area contributed by atoms with Gasteiger partial charge >= 0.3 is 5.97 Å². The van der Waals surface area contributed by atoms with Crippen LogP contribution in [-0.4, -0.2) is 16.8 Å². The third kappa shape index (κ3) is 4.65. The summed E-state index contributed by atoms with van der Waals surface area (Å²) in [5.74, 6) is 0.281. The van der Waals surface area contributed by atoms with Crippen LogP contribution in [-0.2, 0) is 4.79 Å². The molecular formula is C14H18O2S. The second kappa shape index (κ2) is 7.17. The Balaban J connectivity index is 2.81. The van der Waals surface area contributed by atoms with Crippen molar-refractivity contribution in [2.75, 3.05) is 5.75 Å². The quantitative estimate of drug-likeness (QED) is 0.773. The molecule has 1 N–H and O–H groups in total. The Kier molecular flexibility index (Phi) is 5.84. The van der Waals surface area contributed by atoms with E-state index < -0.39 is 5.97 Å². The molecule has 0 radical (unpaired) electrons. The molecule has 0 heterocycles. The molecule has 0 fully saturated rings. The van der Waals surface area contributed by atoms with Crippen LogP contribution in [0.5, 0.6) is 0 Å². The van der Waals surface area contributed by atoms with Crippen molar-refractivity contribution in [3.63, 3.8) is 0 Å². The van der Waals surface area contributed by atoms with Crippen molar-refractivity contribution in [2.24, 2.45) is 0 Å². The molecule has 0 atom stereocenters. The highest BCUT2D eigenvalue weighted by atomic mass is 32.2. The lowest BCUT2D eigenvalue weighted by Gasteiger charge is -2.06. The van der Waals surface area contributed by atoms with Gasteiger partial charge in [-0.15, -0.1) is 11.8 Å². The van der Waals surface area contributed by atoms with Crippen molar-refractivity contribution in [1.82, 2.24) is 0 Å². The second-order valence-electron chi connectivity index (χ2n) is 3.64. The van der Waals surface area contributed by atoms with Gasteiger partial charge in [-0.1, -0.05) is 32.1 Å². The highest BCUT2D eigenvalue weighted by molar-refractivity contribution is 7.99. The van der Waals surface area contributed by atoms with Crippen LogP contribution in [0.15, 0.2) is 35.2 Å². The number of rotatable bonds is 6. The average molecular weight is 250 g/mol.